The lowest BCUT2D eigenvalue weighted by Crippen LogP contribution is -2.01. The number of ketones is 1. The van der Waals surface area contributed by atoms with E-state index in [1.165, 1.54) is 13.2 Å². The van der Waals surface area contributed by atoms with Gasteiger partial charge in [-0.25, -0.2) is 0 Å². The molecule has 0 aromatic rings. The van der Waals surface area contributed by atoms with Gasteiger partial charge in [0.1, 0.15) is 0 Å². The first-order chi connectivity index (χ1) is 9.10. The van der Waals surface area contributed by atoms with Gasteiger partial charge in [0.05, 0.1) is 13.2 Å². The van der Waals surface area contributed by atoms with Crippen molar-refractivity contribution < 1.29 is 19.4 Å². The highest BCUT2D eigenvalue weighted by molar-refractivity contribution is 5.90. The van der Waals surface area contributed by atoms with E-state index in [1.807, 2.05) is 6.92 Å². The molecule has 0 aliphatic heterocycles. The zero-order valence-corrected chi connectivity index (χ0v) is 11.5. The molecule has 4 heteroatoms. The maximum absolute atomic E-state index is 11.4. The van der Waals surface area contributed by atoms with Gasteiger partial charge in [-0.15, -0.1) is 0 Å². The first-order valence-corrected chi connectivity index (χ1v) is 6.39. The van der Waals surface area contributed by atoms with Crippen molar-refractivity contribution in [1.29, 1.82) is 0 Å². The summed E-state index contributed by atoms with van der Waals surface area (Å²) in [5.41, 5.74) is 0. The summed E-state index contributed by atoms with van der Waals surface area (Å²) >= 11 is 0. The fraction of sp³-hybridized carbons (Fsp3) is 0.467. The second-order valence-electron chi connectivity index (χ2n) is 4.00. The van der Waals surface area contributed by atoms with Crippen LogP contribution in [0.5, 0.6) is 0 Å². The normalized spacial score (nSPS) is 13.4. The molecule has 1 atom stereocenters. The summed E-state index contributed by atoms with van der Waals surface area (Å²) in [5, 5.41) is 9.23. The minimum absolute atomic E-state index is 0.0221. The highest BCUT2D eigenvalue weighted by Gasteiger charge is 2.01. The van der Waals surface area contributed by atoms with Gasteiger partial charge in [-0.3, -0.25) is 9.59 Å². The van der Waals surface area contributed by atoms with E-state index in [2.05, 4.69) is 4.74 Å². The van der Waals surface area contributed by atoms with Crippen molar-refractivity contribution >= 4 is 11.8 Å². The first kappa shape index (κ1) is 17.3. The van der Waals surface area contributed by atoms with E-state index in [-0.39, 0.29) is 18.2 Å². The molecule has 0 saturated carbocycles. The van der Waals surface area contributed by atoms with Crippen LogP contribution in [0.2, 0.25) is 0 Å². The number of rotatable bonds is 9. The Hall–Kier alpha value is -1.68. The van der Waals surface area contributed by atoms with E-state index < -0.39 is 6.10 Å². The molecule has 0 bridgehead atoms. The predicted molar refractivity (Wildman–Crippen MR) is 74.6 cm³/mol. The average molecular weight is 266 g/mol. The molecule has 106 valence electrons. The minimum Gasteiger partial charge on any atom is -0.469 e. The van der Waals surface area contributed by atoms with Crippen LogP contribution in [0.3, 0.4) is 0 Å². The van der Waals surface area contributed by atoms with Crippen molar-refractivity contribution in [2.75, 3.05) is 7.11 Å². The molecule has 1 N–H and O–H groups in total. The van der Waals surface area contributed by atoms with Crippen molar-refractivity contribution in [2.45, 2.75) is 38.7 Å². The van der Waals surface area contributed by atoms with Crippen LogP contribution in [0, 0.1) is 0 Å². The standard InChI is InChI=1S/C15H22O4/c1-3-13(16)9-6-4-5-7-10-14(17)11-8-12-15(18)19-2/h4-7,9-10,13,16H,3,8,11-12H2,1-2H3. The van der Waals surface area contributed by atoms with Crippen LogP contribution in [0.4, 0.5) is 0 Å². The minimum atomic E-state index is -0.423. The molecule has 19 heavy (non-hydrogen) atoms. The fourth-order valence-corrected chi connectivity index (χ4v) is 1.21. The topological polar surface area (TPSA) is 63.6 Å². The number of hydrogen-bond donors (Lipinski definition) is 1. The smallest absolute Gasteiger partial charge is 0.305 e. The molecule has 0 fully saturated rings. The summed E-state index contributed by atoms with van der Waals surface area (Å²) < 4.78 is 4.48. The number of ether oxygens (including phenoxy) is 1. The van der Waals surface area contributed by atoms with Gasteiger partial charge in [0.15, 0.2) is 5.78 Å². The van der Waals surface area contributed by atoms with Gasteiger partial charge >= 0.3 is 5.97 Å². The number of carbonyl (C=O) groups excluding carboxylic acids is 2. The Labute approximate surface area is 114 Å². The summed E-state index contributed by atoms with van der Waals surface area (Å²) in [6.45, 7) is 1.89. The van der Waals surface area contributed by atoms with Gasteiger partial charge in [-0.2, -0.15) is 0 Å². The van der Waals surface area contributed by atoms with E-state index in [1.54, 1.807) is 30.4 Å². The summed E-state index contributed by atoms with van der Waals surface area (Å²) in [7, 11) is 1.33. The quantitative estimate of drug-likeness (QED) is 0.395. The average Bonchev–Trinajstić information content (AvgIpc) is 2.41. The number of aliphatic hydroxyl groups excluding tert-OH is 1. The molecule has 0 amide bonds. The van der Waals surface area contributed by atoms with Gasteiger partial charge in [0, 0.05) is 12.8 Å². The molecule has 0 radical (unpaired) electrons. The lowest BCUT2D eigenvalue weighted by Gasteiger charge is -1.96. The van der Waals surface area contributed by atoms with Gasteiger partial charge in [-0.1, -0.05) is 37.3 Å². The van der Waals surface area contributed by atoms with Crippen LogP contribution >= 0.6 is 0 Å². The van der Waals surface area contributed by atoms with E-state index in [9.17, 15) is 14.7 Å². The van der Waals surface area contributed by atoms with E-state index in [0.29, 0.717) is 19.3 Å². The molecule has 0 spiro atoms. The zero-order valence-electron chi connectivity index (χ0n) is 11.5. The van der Waals surface area contributed by atoms with Crippen molar-refractivity contribution in [3.8, 4) is 0 Å². The van der Waals surface area contributed by atoms with Gasteiger partial charge in [0.25, 0.3) is 0 Å². The summed E-state index contributed by atoms with van der Waals surface area (Å²) in [6, 6.07) is 0. The van der Waals surface area contributed by atoms with Crippen LogP contribution in [0.15, 0.2) is 36.5 Å². The Morgan fingerprint density at radius 1 is 1.16 bits per heavy atom. The number of methoxy groups -OCH3 is 1. The third-order valence-corrected chi connectivity index (χ3v) is 2.40. The second kappa shape index (κ2) is 11.4. The van der Waals surface area contributed by atoms with Gasteiger partial charge < -0.3 is 9.84 Å². The highest BCUT2D eigenvalue weighted by atomic mass is 16.5. The fourth-order valence-electron chi connectivity index (χ4n) is 1.21. The predicted octanol–water partition coefficient (Wildman–Crippen LogP) is 2.34. The highest BCUT2D eigenvalue weighted by Crippen LogP contribution is 1.99. The molecule has 0 saturated heterocycles. The van der Waals surface area contributed by atoms with Crippen molar-refractivity contribution in [3.05, 3.63) is 36.5 Å². The monoisotopic (exact) mass is 266 g/mol. The Bertz CT molecular complexity index is 353. The maximum atomic E-state index is 11.4. The third-order valence-electron chi connectivity index (χ3n) is 2.40. The number of carbonyl (C=O) groups is 2. The SMILES string of the molecule is CCC(O)C=CC=CC=CC(=O)CCCC(=O)OC. The summed E-state index contributed by atoms with van der Waals surface area (Å²) in [6.07, 6.45) is 11.4. The largest absolute Gasteiger partial charge is 0.469 e. The number of aliphatic hydroxyl groups is 1. The molecule has 1 unspecified atom stereocenters. The Balaban J connectivity index is 3.81. The second-order valence-corrected chi connectivity index (χ2v) is 4.00. The van der Waals surface area contributed by atoms with Crippen molar-refractivity contribution in [1.82, 2.24) is 0 Å². The lowest BCUT2D eigenvalue weighted by atomic mass is 10.1. The molecule has 0 rings (SSSR count). The summed E-state index contributed by atoms with van der Waals surface area (Å²) in [5.74, 6) is -0.317. The van der Waals surface area contributed by atoms with Crippen LogP contribution in [0.25, 0.3) is 0 Å². The molecule has 0 heterocycles. The number of allylic oxidation sites excluding steroid dienone is 5. The van der Waals surface area contributed by atoms with Crippen molar-refractivity contribution in [2.24, 2.45) is 0 Å². The maximum Gasteiger partial charge on any atom is 0.305 e. The van der Waals surface area contributed by atoms with Crippen LogP contribution in [-0.4, -0.2) is 30.1 Å². The van der Waals surface area contributed by atoms with Crippen LogP contribution in [-0.2, 0) is 14.3 Å². The zero-order chi connectivity index (χ0) is 14.5. The molecular formula is C15H22O4. The third kappa shape index (κ3) is 11.2. The van der Waals surface area contributed by atoms with Crippen LogP contribution in [0.1, 0.15) is 32.6 Å². The summed E-state index contributed by atoms with van der Waals surface area (Å²) in [4.78, 5) is 22.2. The lowest BCUT2D eigenvalue weighted by molar-refractivity contribution is -0.140. The molecule has 0 aliphatic carbocycles. The number of hydrogen-bond acceptors (Lipinski definition) is 4. The first-order valence-electron chi connectivity index (χ1n) is 6.39. The van der Waals surface area contributed by atoms with E-state index in [4.69, 9.17) is 0 Å². The van der Waals surface area contributed by atoms with E-state index in [0.717, 1.165) is 0 Å². The molecular weight excluding hydrogens is 244 g/mol. The Morgan fingerprint density at radius 3 is 2.47 bits per heavy atom. The molecule has 0 aromatic carbocycles. The molecule has 0 aromatic heterocycles. The van der Waals surface area contributed by atoms with E-state index >= 15 is 0 Å². The van der Waals surface area contributed by atoms with Crippen molar-refractivity contribution in [3.63, 3.8) is 0 Å². The number of esters is 1. The van der Waals surface area contributed by atoms with Gasteiger partial charge in [-0.05, 0) is 18.9 Å². The van der Waals surface area contributed by atoms with Crippen LogP contribution < -0.4 is 0 Å². The molecule has 0 aliphatic rings. The molecule has 4 nitrogen and oxygen atoms in total. The Kier molecular flexibility index (Phi) is 10.4. The Morgan fingerprint density at radius 2 is 1.84 bits per heavy atom. The van der Waals surface area contributed by atoms with Gasteiger partial charge in [0.2, 0.25) is 0 Å².